The number of aryl methyl sites for hydroxylation is 2. The van der Waals surface area contributed by atoms with Crippen molar-refractivity contribution in [3.63, 3.8) is 0 Å². The van der Waals surface area contributed by atoms with Crippen molar-refractivity contribution in [1.82, 2.24) is 9.47 Å². The molecule has 2 aliphatic rings. The minimum Gasteiger partial charge on any atom is -0.493 e. The predicted molar refractivity (Wildman–Crippen MR) is 144 cm³/mol. The third-order valence-corrected chi connectivity index (χ3v) is 6.98. The van der Waals surface area contributed by atoms with Crippen LogP contribution in [0.2, 0.25) is 0 Å². The topological polar surface area (TPSA) is 70.7 Å². The van der Waals surface area contributed by atoms with Gasteiger partial charge in [-0.15, -0.1) is 0 Å². The minimum absolute atomic E-state index is 0.158. The number of aliphatic imine (C=N–C) groups is 1. The van der Waals surface area contributed by atoms with Crippen LogP contribution in [0.5, 0.6) is 5.75 Å². The smallest absolute Gasteiger partial charge is 0.283 e. The van der Waals surface area contributed by atoms with Gasteiger partial charge >= 0.3 is 0 Å². The molecule has 178 valence electrons. The van der Waals surface area contributed by atoms with Crippen LogP contribution in [0.4, 0.5) is 0 Å². The summed E-state index contributed by atoms with van der Waals surface area (Å²) in [6.45, 7) is 7.85. The number of carbonyl (C=O) groups is 1. The zero-order valence-corrected chi connectivity index (χ0v) is 20.9. The number of aromatic nitrogens is 1. The predicted octanol–water partition coefficient (Wildman–Crippen LogP) is 6.32. The third-order valence-electron chi connectivity index (χ3n) is 6.22. The number of nitrogens with one attached hydrogen (secondary N) is 1. The van der Waals surface area contributed by atoms with Gasteiger partial charge in [0.1, 0.15) is 11.6 Å². The summed E-state index contributed by atoms with van der Waals surface area (Å²) in [6, 6.07) is 14.5. The van der Waals surface area contributed by atoms with Gasteiger partial charge in [0.25, 0.3) is 5.91 Å². The Balaban J connectivity index is 1.35. The lowest BCUT2D eigenvalue weighted by molar-refractivity contribution is -0.114. The highest BCUT2D eigenvalue weighted by Crippen LogP contribution is 2.30. The molecule has 3 aromatic rings. The van der Waals surface area contributed by atoms with Crippen molar-refractivity contribution < 1.29 is 9.53 Å². The van der Waals surface area contributed by atoms with Gasteiger partial charge in [-0.2, -0.15) is 4.99 Å². The highest BCUT2D eigenvalue weighted by atomic mass is 32.2. The first kappa shape index (κ1) is 23.2. The molecule has 0 aliphatic carbocycles. The summed E-state index contributed by atoms with van der Waals surface area (Å²) in [4.78, 5) is 18.4. The average Bonchev–Trinajstić information content (AvgIpc) is 3.44. The van der Waals surface area contributed by atoms with Gasteiger partial charge in [0, 0.05) is 35.4 Å². The van der Waals surface area contributed by atoms with E-state index >= 15 is 0 Å². The van der Waals surface area contributed by atoms with E-state index in [1.807, 2.05) is 23.6 Å². The lowest BCUT2D eigenvalue weighted by Gasteiger charge is -2.22. The number of amidine groups is 2. The molecule has 1 aromatic heterocycles. The first-order valence-corrected chi connectivity index (χ1v) is 12.7. The molecule has 0 fully saturated rings. The van der Waals surface area contributed by atoms with Crippen LogP contribution in [0.25, 0.3) is 17.0 Å². The summed E-state index contributed by atoms with van der Waals surface area (Å²) >= 11 is 1.35. The number of carbonyl (C=O) groups excluding carboxylic acids is 1. The summed E-state index contributed by atoms with van der Waals surface area (Å²) in [6.07, 6.45) is 6.46. The van der Waals surface area contributed by atoms with Gasteiger partial charge in [0.15, 0.2) is 5.17 Å². The molecule has 2 aliphatic heterocycles. The molecule has 0 saturated carbocycles. The van der Waals surface area contributed by atoms with Crippen molar-refractivity contribution in [2.24, 2.45) is 4.99 Å². The number of fused-ring (bicyclic) bond motifs is 2. The van der Waals surface area contributed by atoms with Gasteiger partial charge in [-0.05, 0) is 54.0 Å². The van der Waals surface area contributed by atoms with Gasteiger partial charge in [-0.3, -0.25) is 15.1 Å². The quantitative estimate of drug-likeness (QED) is 0.315. The van der Waals surface area contributed by atoms with Crippen LogP contribution in [0.3, 0.4) is 0 Å². The van der Waals surface area contributed by atoms with Crippen LogP contribution >= 0.6 is 11.8 Å². The van der Waals surface area contributed by atoms with Crippen LogP contribution in [-0.4, -0.2) is 33.0 Å². The number of benzene rings is 2. The zero-order chi connectivity index (χ0) is 24.5. The number of para-hydroxylation sites is 1. The van der Waals surface area contributed by atoms with Gasteiger partial charge < -0.3 is 9.30 Å². The Hall–Kier alpha value is -3.58. The SMILES string of the molecule is Cc1ccc(C(C)C)c(OCCCn2cc(/C=C3/C(=N)N4C=CSC4=NC3=O)c3ccccc32)c1. The number of nitrogens with zero attached hydrogens (tertiary/aromatic N) is 3. The Morgan fingerprint density at radius 2 is 2.03 bits per heavy atom. The van der Waals surface area contributed by atoms with E-state index in [0.29, 0.717) is 23.3 Å². The van der Waals surface area contributed by atoms with Gasteiger partial charge in [-0.1, -0.05) is 55.9 Å². The van der Waals surface area contributed by atoms with E-state index in [1.54, 1.807) is 17.2 Å². The summed E-state index contributed by atoms with van der Waals surface area (Å²) in [7, 11) is 0. The first-order chi connectivity index (χ1) is 16.9. The molecular formula is C28H28N4O2S. The number of thioether (sulfide) groups is 1. The van der Waals surface area contributed by atoms with E-state index in [-0.39, 0.29) is 11.7 Å². The highest BCUT2D eigenvalue weighted by Gasteiger charge is 2.31. The van der Waals surface area contributed by atoms with Crippen molar-refractivity contribution in [2.75, 3.05) is 6.61 Å². The van der Waals surface area contributed by atoms with E-state index in [2.05, 4.69) is 60.8 Å². The molecule has 0 unspecified atom stereocenters. The molecule has 1 amide bonds. The summed E-state index contributed by atoms with van der Waals surface area (Å²) in [5, 5.41) is 11.9. The molecule has 0 saturated heterocycles. The maximum atomic E-state index is 12.7. The maximum Gasteiger partial charge on any atom is 0.283 e. The molecule has 35 heavy (non-hydrogen) atoms. The average molecular weight is 485 g/mol. The summed E-state index contributed by atoms with van der Waals surface area (Å²) in [5.41, 5.74) is 4.72. The lowest BCUT2D eigenvalue weighted by Crippen LogP contribution is -2.35. The van der Waals surface area contributed by atoms with Crippen LogP contribution in [0.1, 0.15) is 42.9 Å². The number of hydrogen-bond donors (Lipinski definition) is 1. The number of rotatable bonds is 7. The summed E-state index contributed by atoms with van der Waals surface area (Å²) in [5.74, 6) is 1.16. The Kier molecular flexibility index (Phi) is 6.34. The fourth-order valence-corrected chi connectivity index (χ4v) is 5.13. The minimum atomic E-state index is -0.373. The molecular weight excluding hydrogens is 456 g/mol. The van der Waals surface area contributed by atoms with Crippen LogP contribution < -0.4 is 4.74 Å². The maximum absolute atomic E-state index is 12.7. The monoisotopic (exact) mass is 484 g/mol. The molecule has 3 heterocycles. The van der Waals surface area contributed by atoms with E-state index < -0.39 is 0 Å². The van der Waals surface area contributed by atoms with Crippen molar-refractivity contribution >= 4 is 45.7 Å². The molecule has 2 aromatic carbocycles. The van der Waals surface area contributed by atoms with Crippen LogP contribution in [-0.2, 0) is 11.3 Å². The second-order valence-corrected chi connectivity index (χ2v) is 9.95. The molecule has 6 nitrogen and oxygen atoms in total. The fraction of sp³-hybridized carbons (Fsp3) is 0.250. The largest absolute Gasteiger partial charge is 0.493 e. The van der Waals surface area contributed by atoms with Gasteiger partial charge in [-0.25, -0.2) is 0 Å². The van der Waals surface area contributed by atoms with Crippen molar-refractivity contribution in [1.29, 1.82) is 5.41 Å². The zero-order valence-electron chi connectivity index (χ0n) is 20.1. The lowest BCUT2D eigenvalue weighted by atomic mass is 10.0. The van der Waals surface area contributed by atoms with Crippen LogP contribution in [0, 0.1) is 12.3 Å². The normalized spacial score (nSPS) is 16.5. The molecule has 0 bridgehead atoms. The molecule has 1 N–H and O–H groups in total. The second-order valence-electron chi connectivity index (χ2n) is 9.07. The first-order valence-electron chi connectivity index (χ1n) is 11.8. The van der Waals surface area contributed by atoms with Gasteiger partial charge in [0.2, 0.25) is 0 Å². The van der Waals surface area contributed by atoms with Crippen molar-refractivity contribution in [2.45, 2.75) is 39.7 Å². The Morgan fingerprint density at radius 3 is 2.86 bits per heavy atom. The van der Waals surface area contributed by atoms with E-state index in [1.165, 1.54) is 22.9 Å². The van der Waals surface area contributed by atoms with Crippen molar-refractivity contribution in [3.05, 3.63) is 82.5 Å². The van der Waals surface area contributed by atoms with Crippen LogP contribution in [0.15, 0.2) is 70.8 Å². The van der Waals surface area contributed by atoms with Gasteiger partial charge in [0.05, 0.1) is 12.2 Å². The number of ether oxygens (including phenoxy) is 1. The Morgan fingerprint density at radius 1 is 1.20 bits per heavy atom. The standard InChI is InChI=1S/C28H28N4O2S/c1-18(2)21-10-9-19(3)15-25(21)34-13-6-11-31-17-20(22-7-4-5-8-24(22)31)16-23-26(29)32-12-14-35-28(32)30-27(23)33/h4-5,7-10,12,14-18,29H,6,11,13H2,1-3H3/b23-16-,29-26?. The van der Waals surface area contributed by atoms with E-state index in [9.17, 15) is 4.79 Å². The van der Waals surface area contributed by atoms with E-state index in [4.69, 9.17) is 10.1 Å². The molecule has 7 heteroatoms. The summed E-state index contributed by atoms with van der Waals surface area (Å²) < 4.78 is 8.38. The second kappa shape index (κ2) is 9.58. The Bertz CT molecular complexity index is 1410. The molecule has 0 atom stereocenters. The molecule has 0 radical (unpaired) electrons. The number of amides is 1. The molecule has 0 spiro atoms. The van der Waals surface area contributed by atoms with Crippen molar-refractivity contribution in [3.8, 4) is 5.75 Å². The van der Waals surface area contributed by atoms with E-state index in [0.717, 1.165) is 35.2 Å². The fourth-order valence-electron chi connectivity index (χ4n) is 4.42. The molecule has 5 rings (SSSR count). The Labute approximate surface area is 209 Å². The third kappa shape index (κ3) is 4.56. The number of hydrogen-bond acceptors (Lipinski definition) is 4. The highest BCUT2D eigenvalue weighted by molar-refractivity contribution is 8.16.